The zero-order chi connectivity index (χ0) is 5.58. The molecule has 0 saturated carbocycles. The fourth-order valence-corrected chi connectivity index (χ4v) is 0. The van der Waals surface area contributed by atoms with Gasteiger partial charge in [0.05, 0.1) is 0 Å². The van der Waals surface area contributed by atoms with Gasteiger partial charge < -0.3 is 15.0 Å². The molecule has 0 aromatic heterocycles. The minimum atomic E-state index is -2.33. The van der Waals surface area contributed by atoms with Crippen LogP contribution in [0.5, 0.6) is 0 Å². The van der Waals surface area contributed by atoms with E-state index in [1.165, 1.54) is 0 Å². The van der Waals surface area contributed by atoms with E-state index in [4.69, 9.17) is 18.8 Å². The third kappa shape index (κ3) is 138. The molecule has 4 nitrogen and oxygen atoms in total. The van der Waals surface area contributed by atoms with Gasteiger partial charge in [0.2, 0.25) is 0 Å². The Balaban J connectivity index is -0.0000000480. The maximum absolute atomic E-state index is 8.33. The van der Waals surface area contributed by atoms with Gasteiger partial charge in [0.25, 0.3) is 0 Å². The Morgan fingerprint density at radius 1 is 1.29 bits per heavy atom. The van der Waals surface area contributed by atoms with Crippen LogP contribution in [0.25, 0.3) is 0 Å². The van der Waals surface area contributed by atoms with Crippen molar-refractivity contribution in [3.8, 4) is 0 Å². The maximum atomic E-state index is 8.33. The van der Waals surface area contributed by atoms with Crippen molar-refractivity contribution in [2.45, 2.75) is 0 Å². The zero-order valence-electron chi connectivity index (χ0n) is 3.34. The van der Waals surface area contributed by atoms with Crippen molar-refractivity contribution in [3.05, 3.63) is 0 Å². The van der Waals surface area contributed by atoms with Crippen LogP contribution in [-0.4, -0.2) is 71.5 Å². The predicted molar refractivity (Wildman–Crippen MR) is 17.6 cm³/mol. The molecule has 0 bridgehead atoms. The van der Waals surface area contributed by atoms with Crippen LogP contribution in [-0.2, 0) is 3.78 Å². The molecular weight excluding hydrogens is 286 g/mol. The summed E-state index contributed by atoms with van der Waals surface area (Å²) in [5, 5.41) is 16.7. The normalized spacial score (nSPS) is 4.00. The van der Waals surface area contributed by atoms with Crippen molar-refractivity contribution < 1.29 is 18.8 Å². The summed E-state index contributed by atoms with van der Waals surface area (Å²) < 4.78 is 8.25. The first kappa shape index (κ1) is 15.7. The number of carboxylic acid groups (broad SMARTS) is 2. The van der Waals surface area contributed by atoms with Gasteiger partial charge in [0.1, 0.15) is 0 Å². The van der Waals surface area contributed by atoms with Gasteiger partial charge >= 0.3 is 69.1 Å². The number of hydrogen-bond acceptors (Lipinski definition) is 4. The molecule has 0 atom stereocenters. The molecule has 0 aliphatic rings. The summed E-state index contributed by atoms with van der Waals surface area (Å²) in [6.45, 7) is 0. The summed E-state index contributed by atoms with van der Waals surface area (Å²) in [6, 6.07) is 0. The predicted octanol–water partition coefficient (Wildman–Crippen LogP) is -3.33. The molecule has 0 N–H and O–H groups in total. The van der Waals surface area contributed by atoms with Crippen LogP contribution in [0, 0.1) is 0 Å². The van der Waals surface area contributed by atoms with Gasteiger partial charge in [-0.15, -0.1) is 0 Å². The molecule has 2 radical (unpaired) electrons. The van der Waals surface area contributed by atoms with Crippen molar-refractivity contribution >= 4 is 71.5 Å². The molecule has 0 spiro atoms. The molecule has 0 rings (SSSR count). The average Bonchev–Trinajstić information content (AvgIpc) is 1.41. The molecule has 0 aromatic rings. The van der Waals surface area contributed by atoms with Gasteiger partial charge in [-0.2, -0.15) is 0 Å². The Hall–Kier alpha value is 1.18. The molecule has 0 fully saturated rings. The monoisotopic (exact) mass is 288 g/mol. The second-order valence-corrected chi connectivity index (χ2v) is 0.250. The Bertz CT molecular complexity index is 43.0. The van der Waals surface area contributed by atoms with Gasteiger partial charge in [-0.25, -0.2) is 0 Å². The van der Waals surface area contributed by atoms with Crippen molar-refractivity contribution in [1.29, 1.82) is 0 Å². The van der Waals surface area contributed by atoms with E-state index >= 15 is 0 Å². The number of rotatable bonds is 0. The van der Waals surface area contributed by atoms with E-state index in [-0.39, 0.29) is 48.9 Å². The van der Waals surface area contributed by atoms with Crippen molar-refractivity contribution in [2.24, 2.45) is 0 Å². The summed E-state index contributed by atoms with van der Waals surface area (Å²) in [5.74, 6) is 0. The molecule has 0 heterocycles. The standard InChI is InChI=1S/CH2O3.Ba.GeO/c2-1(3)4;;1-2/h(H2,2,3,4);;/q;+2;/p-2. The van der Waals surface area contributed by atoms with E-state index in [1.807, 2.05) is 0 Å². The van der Waals surface area contributed by atoms with E-state index < -0.39 is 6.16 Å². The fraction of sp³-hybridized carbons (Fsp3) is 0. The Morgan fingerprint density at radius 2 is 1.29 bits per heavy atom. The molecule has 0 aliphatic heterocycles. The van der Waals surface area contributed by atoms with Crippen LogP contribution in [0.4, 0.5) is 4.79 Å². The van der Waals surface area contributed by atoms with E-state index in [0.717, 1.165) is 16.5 Å². The van der Waals surface area contributed by atoms with Crippen molar-refractivity contribution in [2.75, 3.05) is 0 Å². The van der Waals surface area contributed by atoms with Gasteiger partial charge in [-0.3, -0.25) is 0 Å². The molecule has 0 aliphatic carbocycles. The van der Waals surface area contributed by atoms with Crippen LogP contribution in [0.2, 0.25) is 0 Å². The van der Waals surface area contributed by atoms with Crippen LogP contribution >= 0.6 is 0 Å². The molecular formula is CBaGeO4. The summed E-state index contributed by atoms with van der Waals surface area (Å²) in [4.78, 5) is 8.33. The Kier molecular flexibility index (Phi) is 35.2. The first-order valence-electron chi connectivity index (χ1n) is 0.816. The second-order valence-electron chi connectivity index (χ2n) is 0.250. The molecule has 0 aromatic carbocycles. The van der Waals surface area contributed by atoms with Gasteiger partial charge in [0, 0.05) is 0 Å². The zero-order valence-corrected chi connectivity index (χ0v) is 9.88. The molecule has 0 amide bonds. The van der Waals surface area contributed by atoms with E-state index in [9.17, 15) is 0 Å². The van der Waals surface area contributed by atoms with Gasteiger partial charge in [-0.1, -0.05) is 0 Å². The van der Waals surface area contributed by atoms with Gasteiger partial charge in [-0.05, 0) is 6.16 Å². The van der Waals surface area contributed by atoms with Crippen LogP contribution in [0.3, 0.4) is 0 Å². The topological polar surface area (TPSA) is 80.3 Å². The van der Waals surface area contributed by atoms with Crippen LogP contribution < -0.4 is 10.2 Å². The minimum absolute atomic E-state index is 0. The summed E-state index contributed by atoms with van der Waals surface area (Å²) >= 11 is 0.750. The quantitative estimate of drug-likeness (QED) is 0.436. The summed E-state index contributed by atoms with van der Waals surface area (Å²) in [5.41, 5.74) is 0. The average molecular weight is 286 g/mol. The number of carbonyl (C=O) groups excluding carboxylic acids is 1. The molecule has 34 valence electrons. The van der Waals surface area contributed by atoms with E-state index in [2.05, 4.69) is 0 Å². The molecule has 0 saturated heterocycles. The van der Waals surface area contributed by atoms with Crippen molar-refractivity contribution in [3.63, 3.8) is 0 Å². The summed E-state index contributed by atoms with van der Waals surface area (Å²) in [7, 11) is 0. The molecule has 0 unspecified atom stereocenters. The molecule has 7 heavy (non-hydrogen) atoms. The van der Waals surface area contributed by atoms with Crippen LogP contribution in [0.1, 0.15) is 0 Å². The number of carbonyl (C=O) groups is 1. The van der Waals surface area contributed by atoms with Gasteiger partial charge in [0.15, 0.2) is 0 Å². The second kappa shape index (κ2) is 15.7. The third-order valence-electron chi connectivity index (χ3n) is 0. The van der Waals surface area contributed by atoms with Crippen molar-refractivity contribution in [1.82, 2.24) is 0 Å². The first-order chi connectivity index (χ1) is 2.73. The van der Waals surface area contributed by atoms with E-state index in [0.29, 0.717) is 0 Å². The first-order valence-corrected chi connectivity index (χ1v) is 1.67. The summed E-state index contributed by atoms with van der Waals surface area (Å²) in [6.07, 6.45) is -2.33. The Labute approximate surface area is 88.8 Å². The Morgan fingerprint density at radius 3 is 1.29 bits per heavy atom. The molecule has 6 heteroatoms. The van der Waals surface area contributed by atoms with E-state index in [1.54, 1.807) is 0 Å². The van der Waals surface area contributed by atoms with Crippen LogP contribution in [0.15, 0.2) is 0 Å². The number of hydrogen-bond donors (Lipinski definition) is 0. The fourth-order valence-electron chi connectivity index (χ4n) is 0. The SMILES string of the molecule is O=C([O-])[O-].[Ba+2].[O]=[Ge]. The third-order valence-corrected chi connectivity index (χ3v) is 0.